The van der Waals surface area contributed by atoms with Crippen molar-refractivity contribution in [3.63, 3.8) is 0 Å². The van der Waals surface area contributed by atoms with Crippen LogP contribution in [0.4, 0.5) is 10.5 Å². The molecular formula is C19H27N3O3. The third-order valence-corrected chi connectivity index (χ3v) is 5.18. The van der Waals surface area contributed by atoms with Gasteiger partial charge >= 0.3 is 12.0 Å². The average molecular weight is 345 g/mol. The van der Waals surface area contributed by atoms with Gasteiger partial charge in [0.15, 0.2) is 0 Å². The number of amides is 2. The van der Waals surface area contributed by atoms with Crippen molar-refractivity contribution in [3.8, 4) is 0 Å². The van der Waals surface area contributed by atoms with Crippen molar-refractivity contribution in [1.29, 1.82) is 0 Å². The minimum absolute atomic E-state index is 0.167. The van der Waals surface area contributed by atoms with Crippen molar-refractivity contribution in [2.24, 2.45) is 5.92 Å². The van der Waals surface area contributed by atoms with Gasteiger partial charge in [-0.3, -0.25) is 4.79 Å². The highest BCUT2D eigenvalue weighted by molar-refractivity contribution is 5.76. The van der Waals surface area contributed by atoms with Crippen LogP contribution in [-0.4, -0.2) is 48.2 Å². The van der Waals surface area contributed by atoms with Gasteiger partial charge in [-0.05, 0) is 43.7 Å². The van der Waals surface area contributed by atoms with Crippen molar-refractivity contribution in [2.75, 3.05) is 31.1 Å². The predicted octanol–water partition coefficient (Wildman–Crippen LogP) is 2.68. The first kappa shape index (κ1) is 17.6. The first-order valence-electron chi connectivity index (χ1n) is 9.23. The number of para-hydroxylation sites is 1. The molecule has 1 aromatic rings. The van der Waals surface area contributed by atoms with Crippen LogP contribution in [0, 0.1) is 5.92 Å². The van der Waals surface area contributed by atoms with Gasteiger partial charge in [0.2, 0.25) is 0 Å². The highest BCUT2D eigenvalue weighted by Crippen LogP contribution is 2.24. The normalized spacial score (nSPS) is 21.0. The number of urea groups is 1. The molecule has 6 heteroatoms. The summed E-state index contributed by atoms with van der Waals surface area (Å²) in [6.07, 6.45) is 5.11. The van der Waals surface area contributed by atoms with Gasteiger partial charge in [0, 0.05) is 38.4 Å². The Hall–Kier alpha value is -2.24. The molecule has 3 rings (SSSR count). The Morgan fingerprint density at radius 1 is 1.08 bits per heavy atom. The number of likely N-dealkylation sites (tertiary alicyclic amines) is 1. The van der Waals surface area contributed by atoms with Crippen molar-refractivity contribution < 1.29 is 14.7 Å². The molecule has 1 aromatic carbocycles. The summed E-state index contributed by atoms with van der Waals surface area (Å²) in [5, 5.41) is 12.1. The van der Waals surface area contributed by atoms with E-state index in [1.165, 1.54) is 24.9 Å². The van der Waals surface area contributed by atoms with E-state index in [9.17, 15) is 9.59 Å². The van der Waals surface area contributed by atoms with Gasteiger partial charge in [-0.25, -0.2) is 4.79 Å². The van der Waals surface area contributed by atoms with E-state index in [-0.39, 0.29) is 6.03 Å². The van der Waals surface area contributed by atoms with E-state index >= 15 is 0 Å². The van der Waals surface area contributed by atoms with E-state index < -0.39 is 11.9 Å². The highest BCUT2D eigenvalue weighted by Gasteiger charge is 2.28. The fourth-order valence-electron chi connectivity index (χ4n) is 3.75. The van der Waals surface area contributed by atoms with Crippen LogP contribution < -0.4 is 10.2 Å². The second kappa shape index (κ2) is 8.23. The lowest BCUT2D eigenvalue weighted by Crippen LogP contribution is -2.46. The van der Waals surface area contributed by atoms with E-state index in [4.69, 9.17) is 5.11 Å². The number of nitrogens with one attached hydrogen (secondary N) is 1. The molecule has 25 heavy (non-hydrogen) atoms. The van der Waals surface area contributed by atoms with E-state index in [0.717, 1.165) is 25.1 Å². The fraction of sp³-hybridized carbons (Fsp3) is 0.579. The summed E-state index contributed by atoms with van der Waals surface area (Å²) in [5.74, 6) is -1.26. The smallest absolute Gasteiger partial charge is 0.317 e. The Morgan fingerprint density at radius 2 is 1.84 bits per heavy atom. The molecule has 0 aromatic heterocycles. The molecule has 6 nitrogen and oxygen atoms in total. The minimum atomic E-state index is -0.812. The van der Waals surface area contributed by atoms with Crippen molar-refractivity contribution >= 4 is 17.7 Å². The molecule has 2 amide bonds. The number of hydrogen-bond acceptors (Lipinski definition) is 3. The number of hydrogen-bond donors (Lipinski definition) is 2. The maximum atomic E-state index is 12.4. The maximum absolute atomic E-state index is 12.4. The zero-order valence-corrected chi connectivity index (χ0v) is 14.6. The zero-order chi connectivity index (χ0) is 17.6. The Labute approximate surface area is 148 Å². The number of nitrogens with zero attached hydrogens (tertiary/aromatic N) is 2. The van der Waals surface area contributed by atoms with Crippen LogP contribution in [0.2, 0.25) is 0 Å². The summed E-state index contributed by atoms with van der Waals surface area (Å²) in [6, 6.07) is 8.04. The van der Waals surface area contributed by atoms with Crippen molar-refractivity contribution in [2.45, 2.75) is 38.6 Å². The molecule has 2 aliphatic heterocycles. The summed E-state index contributed by atoms with van der Waals surface area (Å²) < 4.78 is 0. The van der Waals surface area contributed by atoms with Crippen LogP contribution in [-0.2, 0) is 11.3 Å². The number of piperidine rings is 2. The van der Waals surface area contributed by atoms with Crippen LogP contribution in [0.25, 0.3) is 0 Å². The predicted molar refractivity (Wildman–Crippen MR) is 96.7 cm³/mol. The molecule has 0 radical (unpaired) electrons. The molecule has 1 atom stereocenters. The van der Waals surface area contributed by atoms with Crippen molar-refractivity contribution in [1.82, 2.24) is 10.2 Å². The largest absolute Gasteiger partial charge is 0.481 e. The van der Waals surface area contributed by atoms with Gasteiger partial charge in [-0.15, -0.1) is 0 Å². The molecule has 0 spiro atoms. The van der Waals surface area contributed by atoms with Gasteiger partial charge in [0.1, 0.15) is 0 Å². The van der Waals surface area contributed by atoms with Gasteiger partial charge in [0.05, 0.1) is 5.92 Å². The Kier molecular flexibility index (Phi) is 5.79. The van der Waals surface area contributed by atoms with Gasteiger partial charge < -0.3 is 20.2 Å². The standard InChI is InChI=1S/C19H27N3O3/c23-18(24)16-8-6-12-22(14-16)19(25)20-13-15-7-2-3-9-17(15)21-10-4-1-5-11-21/h2-3,7,9,16H,1,4-6,8,10-14H2,(H,20,25)(H,23,24). The molecule has 2 aliphatic rings. The number of aliphatic carboxylic acids is 1. The average Bonchev–Trinajstić information content (AvgIpc) is 2.67. The lowest BCUT2D eigenvalue weighted by atomic mass is 9.99. The number of rotatable bonds is 4. The van der Waals surface area contributed by atoms with Crippen molar-refractivity contribution in [3.05, 3.63) is 29.8 Å². The molecule has 1 unspecified atom stereocenters. The number of carbonyl (C=O) groups is 2. The number of carboxylic acids is 1. The van der Waals surface area contributed by atoms with Gasteiger partial charge in [-0.2, -0.15) is 0 Å². The number of benzene rings is 1. The van der Waals surface area contributed by atoms with Crippen LogP contribution in [0.5, 0.6) is 0 Å². The summed E-state index contributed by atoms with van der Waals surface area (Å²) in [7, 11) is 0. The number of carbonyl (C=O) groups excluding carboxylic acids is 1. The molecule has 2 N–H and O–H groups in total. The van der Waals surface area contributed by atoms with Crippen LogP contribution in [0.1, 0.15) is 37.7 Å². The molecule has 136 valence electrons. The first-order chi connectivity index (χ1) is 12.1. The molecule has 2 saturated heterocycles. The zero-order valence-electron chi connectivity index (χ0n) is 14.6. The third kappa shape index (κ3) is 4.44. The molecule has 2 fully saturated rings. The van der Waals surface area contributed by atoms with Gasteiger partial charge in [-0.1, -0.05) is 18.2 Å². The highest BCUT2D eigenvalue weighted by atomic mass is 16.4. The van der Waals surface area contributed by atoms with Crippen LogP contribution >= 0.6 is 0 Å². The molecule has 2 heterocycles. The summed E-state index contributed by atoms with van der Waals surface area (Å²) >= 11 is 0. The molecule has 0 saturated carbocycles. The Balaban J connectivity index is 1.59. The van der Waals surface area contributed by atoms with Crippen LogP contribution in [0.3, 0.4) is 0 Å². The Bertz CT molecular complexity index is 614. The van der Waals surface area contributed by atoms with E-state index in [0.29, 0.717) is 26.1 Å². The summed E-state index contributed by atoms with van der Waals surface area (Å²) in [4.78, 5) is 27.6. The molecule has 0 aliphatic carbocycles. The fourth-order valence-corrected chi connectivity index (χ4v) is 3.75. The minimum Gasteiger partial charge on any atom is -0.481 e. The quantitative estimate of drug-likeness (QED) is 0.880. The molecular weight excluding hydrogens is 318 g/mol. The second-order valence-electron chi connectivity index (χ2n) is 6.96. The van der Waals surface area contributed by atoms with E-state index in [1.807, 2.05) is 12.1 Å². The summed E-state index contributed by atoms with van der Waals surface area (Å²) in [6.45, 7) is 3.53. The number of anilines is 1. The van der Waals surface area contributed by atoms with Crippen LogP contribution in [0.15, 0.2) is 24.3 Å². The maximum Gasteiger partial charge on any atom is 0.317 e. The first-order valence-corrected chi connectivity index (χ1v) is 9.23. The monoisotopic (exact) mass is 345 g/mol. The van der Waals surface area contributed by atoms with E-state index in [2.05, 4.69) is 22.3 Å². The molecule has 0 bridgehead atoms. The lowest BCUT2D eigenvalue weighted by molar-refractivity contribution is -0.143. The van der Waals surface area contributed by atoms with E-state index in [1.54, 1.807) is 4.90 Å². The number of carboxylic acid groups (broad SMARTS) is 1. The Morgan fingerprint density at radius 3 is 2.60 bits per heavy atom. The summed E-state index contributed by atoms with van der Waals surface area (Å²) in [5.41, 5.74) is 2.31. The van der Waals surface area contributed by atoms with Gasteiger partial charge in [0.25, 0.3) is 0 Å². The lowest BCUT2D eigenvalue weighted by Gasteiger charge is -2.32. The second-order valence-corrected chi connectivity index (χ2v) is 6.96. The third-order valence-electron chi connectivity index (χ3n) is 5.18. The topological polar surface area (TPSA) is 72.9 Å². The SMILES string of the molecule is O=C(O)C1CCCN(C(=O)NCc2ccccc2N2CCCCC2)C1.